The first-order valence-electron chi connectivity index (χ1n) is 7.01. The first-order valence-corrected chi connectivity index (χ1v) is 7.01. The van der Waals surface area contributed by atoms with Gasteiger partial charge in [-0.2, -0.15) is 0 Å². The summed E-state index contributed by atoms with van der Waals surface area (Å²) in [6.45, 7) is 3.67. The molecule has 1 heterocycles. The second kappa shape index (κ2) is 6.07. The number of anilines is 1. The molecule has 0 aromatic heterocycles. The van der Waals surface area contributed by atoms with Crippen molar-refractivity contribution in [3.63, 3.8) is 0 Å². The van der Waals surface area contributed by atoms with Crippen LogP contribution in [0.3, 0.4) is 0 Å². The number of esters is 1. The van der Waals surface area contributed by atoms with Gasteiger partial charge in [-0.1, -0.05) is 12.1 Å². The van der Waals surface area contributed by atoms with Gasteiger partial charge in [0.1, 0.15) is 0 Å². The van der Waals surface area contributed by atoms with E-state index in [1.54, 1.807) is 6.92 Å². The van der Waals surface area contributed by atoms with E-state index in [4.69, 9.17) is 0 Å². The molecule has 1 aromatic carbocycles. The van der Waals surface area contributed by atoms with E-state index < -0.39 is 0 Å². The van der Waals surface area contributed by atoms with Crippen molar-refractivity contribution in [2.24, 2.45) is 0 Å². The highest BCUT2D eigenvalue weighted by atomic mass is 16.5. The zero-order chi connectivity index (χ0) is 14.7. The topological polar surface area (TPSA) is 46.6 Å². The lowest BCUT2D eigenvalue weighted by molar-refractivity contribution is -0.140. The molecule has 1 amide bonds. The Morgan fingerprint density at radius 1 is 1.40 bits per heavy atom. The Balaban J connectivity index is 2.05. The molecule has 0 saturated carbocycles. The molecular weight excluding hydrogens is 254 g/mol. The number of ether oxygens (including phenoxy) is 1. The van der Waals surface area contributed by atoms with Crippen molar-refractivity contribution in [1.29, 1.82) is 0 Å². The molecule has 1 unspecified atom stereocenters. The normalized spacial score (nSPS) is 16.9. The summed E-state index contributed by atoms with van der Waals surface area (Å²) in [5.74, 6) is -0.0720. The quantitative estimate of drug-likeness (QED) is 0.793. The van der Waals surface area contributed by atoms with Gasteiger partial charge in [0, 0.05) is 25.1 Å². The van der Waals surface area contributed by atoms with Gasteiger partial charge in [-0.05, 0) is 43.4 Å². The number of amides is 1. The first-order chi connectivity index (χ1) is 9.52. The molecule has 1 aliphatic rings. The summed E-state index contributed by atoms with van der Waals surface area (Å²) < 4.78 is 4.63. The average Bonchev–Trinajstić information content (AvgIpc) is 2.73. The van der Waals surface area contributed by atoms with Crippen molar-refractivity contribution >= 4 is 17.6 Å². The van der Waals surface area contributed by atoms with Crippen LogP contribution in [0.1, 0.15) is 37.8 Å². The lowest BCUT2D eigenvalue weighted by Gasteiger charge is -2.20. The Morgan fingerprint density at radius 3 is 2.80 bits per heavy atom. The number of methoxy groups -OCH3 is 1. The minimum Gasteiger partial charge on any atom is -0.469 e. The zero-order valence-electron chi connectivity index (χ0n) is 12.3. The predicted molar refractivity (Wildman–Crippen MR) is 77.7 cm³/mol. The highest BCUT2D eigenvalue weighted by molar-refractivity contribution is 5.94. The average molecular weight is 275 g/mol. The highest BCUT2D eigenvalue weighted by Gasteiger charge is 2.28. The van der Waals surface area contributed by atoms with Gasteiger partial charge in [0.25, 0.3) is 0 Å². The molecule has 0 spiro atoms. The van der Waals surface area contributed by atoms with Crippen LogP contribution in [0.4, 0.5) is 5.69 Å². The maximum atomic E-state index is 11.7. The van der Waals surface area contributed by atoms with Crippen LogP contribution >= 0.6 is 0 Å². The molecule has 4 nitrogen and oxygen atoms in total. The lowest BCUT2D eigenvalue weighted by atomic mass is 10.0. The van der Waals surface area contributed by atoms with Crippen LogP contribution in [0, 0.1) is 0 Å². The van der Waals surface area contributed by atoms with Crippen LogP contribution in [0.25, 0.3) is 0 Å². The predicted octanol–water partition coefficient (Wildman–Crippen LogP) is 2.48. The molecule has 0 fully saturated rings. The summed E-state index contributed by atoms with van der Waals surface area (Å²) in [4.78, 5) is 24.6. The monoisotopic (exact) mass is 275 g/mol. The van der Waals surface area contributed by atoms with Gasteiger partial charge in [-0.3, -0.25) is 9.59 Å². The summed E-state index contributed by atoms with van der Waals surface area (Å²) in [6, 6.07) is 6.46. The van der Waals surface area contributed by atoms with Crippen molar-refractivity contribution in [2.75, 3.05) is 12.0 Å². The van der Waals surface area contributed by atoms with Gasteiger partial charge in [0.2, 0.25) is 5.91 Å². The Bertz CT molecular complexity index is 524. The number of hydrogen-bond acceptors (Lipinski definition) is 3. The molecule has 108 valence electrons. The second-order valence-electron chi connectivity index (χ2n) is 5.33. The van der Waals surface area contributed by atoms with Crippen molar-refractivity contribution in [3.05, 3.63) is 29.3 Å². The van der Waals surface area contributed by atoms with Crippen molar-refractivity contribution in [3.8, 4) is 0 Å². The van der Waals surface area contributed by atoms with E-state index in [-0.39, 0.29) is 17.9 Å². The number of nitrogens with zero attached hydrogens (tertiary/aromatic N) is 1. The molecule has 1 aliphatic heterocycles. The van der Waals surface area contributed by atoms with Gasteiger partial charge in [0.05, 0.1) is 7.11 Å². The third kappa shape index (κ3) is 3.00. The van der Waals surface area contributed by atoms with E-state index >= 15 is 0 Å². The Hall–Kier alpha value is -1.84. The fourth-order valence-electron chi connectivity index (χ4n) is 2.86. The van der Waals surface area contributed by atoms with E-state index in [1.807, 2.05) is 17.0 Å². The number of hydrogen-bond donors (Lipinski definition) is 0. The minimum absolute atomic E-state index is 0.0923. The molecular formula is C16H21NO3. The number of fused-ring (bicyclic) bond motifs is 1. The van der Waals surface area contributed by atoms with Crippen molar-refractivity contribution in [1.82, 2.24) is 0 Å². The van der Waals surface area contributed by atoms with E-state index in [2.05, 4.69) is 17.7 Å². The molecule has 2 rings (SSSR count). The fraction of sp³-hybridized carbons (Fsp3) is 0.500. The maximum absolute atomic E-state index is 11.7. The van der Waals surface area contributed by atoms with Gasteiger partial charge < -0.3 is 9.64 Å². The Morgan fingerprint density at radius 2 is 2.15 bits per heavy atom. The standard InChI is InChI=1S/C16H21NO3/c1-11-9-14-10-13(5-4-6-16(19)20-3)7-8-15(14)17(11)12(2)18/h7-8,10-11H,4-6,9H2,1-3H3. The molecule has 0 saturated heterocycles. The van der Waals surface area contributed by atoms with E-state index in [0.717, 1.165) is 24.9 Å². The number of aryl methyl sites for hydroxylation is 1. The van der Waals surface area contributed by atoms with Crippen LogP contribution < -0.4 is 4.90 Å². The largest absolute Gasteiger partial charge is 0.469 e. The number of benzene rings is 1. The third-order valence-corrected chi connectivity index (χ3v) is 3.77. The van der Waals surface area contributed by atoms with Gasteiger partial charge in [0.15, 0.2) is 0 Å². The smallest absolute Gasteiger partial charge is 0.305 e. The minimum atomic E-state index is -0.164. The Kier molecular flexibility index (Phi) is 4.42. The van der Waals surface area contributed by atoms with Gasteiger partial charge in [-0.15, -0.1) is 0 Å². The number of carbonyl (C=O) groups is 2. The van der Waals surface area contributed by atoms with Crippen molar-refractivity contribution < 1.29 is 14.3 Å². The van der Waals surface area contributed by atoms with Crippen molar-refractivity contribution in [2.45, 2.75) is 45.6 Å². The van der Waals surface area contributed by atoms with Crippen LogP contribution in [0.15, 0.2) is 18.2 Å². The van der Waals surface area contributed by atoms with E-state index in [1.165, 1.54) is 18.2 Å². The van der Waals surface area contributed by atoms with Crippen LogP contribution in [-0.2, 0) is 27.2 Å². The molecule has 20 heavy (non-hydrogen) atoms. The van der Waals surface area contributed by atoms with E-state index in [0.29, 0.717) is 6.42 Å². The maximum Gasteiger partial charge on any atom is 0.305 e. The van der Waals surface area contributed by atoms with E-state index in [9.17, 15) is 9.59 Å². The molecule has 0 bridgehead atoms. The molecule has 4 heteroatoms. The van der Waals surface area contributed by atoms with Crippen LogP contribution in [-0.4, -0.2) is 25.0 Å². The third-order valence-electron chi connectivity index (χ3n) is 3.77. The SMILES string of the molecule is COC(=O)CCCc1ccc2c(c1)CC(C)N2C(C)=O. The highest BCUT2D eigenvalue weighted by Crippen LogP contribution is 2.33. The van der Waals surface area contributed by atoms with Gasteiger partial charge >= 0.3 is 5.97 Å². The van der Waals surface area contributed by atoms with Crippen LogP contribution in [0.5, 0.6) is 0 Å². The van der Waals surface area contributed by atoms with Gasteiger partial charge in [-0.25, -0.2) is 0 Å². The first kappa shape index (κ1) is 14.6. The summed E-state index contributed by atoms with van der Waals surface area (Å²) in [5.41, 5.74) is 3.47. The molecule has 0 radical (unpaired) electrons. The van der Waals surface area contributed by atoms with Crippen LogP contribution in [0.2, 0.25) is 0 Å². The fourth-order valence-corrected chi connectivity index (χ4v) is 2.86. The number of rotatable bonds is 4. The summed E-state index contributed by atoms with van der Waals surface area (Å²) in [7, 11) is 1.41. The number of carbonyl (C=O) groups excluding carboxylic acids is 2. The summed E-state index contributed by atoms with van der Waals surface area (Å²) in [6.07, 6.45) is 3.00. The molecule has 1 aromatic rings. The summed E-state index contributed by atoms with van der Waals surface area (Å²) >= 11 is 0. The molecule has 1 atom stereocenters. The second-order valence-corrected chi connectivity index (χ2v) is 5.33. The molecule has 0 aliphatic carbocycles. The lowest BCUT2D eigenvalue weighted by Crippen LogP contribution is -2.33. The summed E-state index contributed by atoms with van der Waals surface area (Å²) in [5, 5.41) is 0. The Labute approximate surface area is 119 Å². The zero-order valence-corrected chi connectivity index (χ0v) is 12.3. The molecule has 0 N–H and O–H groups in total.